The third-order valence-electron chi connectivity index (χ3n) is 3.82. The summed E-state index contributed by atoms with van der Waals surface area (Å²) in [6, 6.07) is 0. The molecule has 0 bridgehead atoms. The lowest BCUT2D eigenvalue weighted by Crippen LogP contribution is -2.28. The van der Waals surface area contributed by atoms with Gasteiger partial charge in [0.2, 0.25) is 12.0 Å². The number of aromatic nitrogens is 1. The summed E-state index contributed by atoms with van der Waals surface area (Å²) in [5.41, 5.74) is 1.76. The van der Waals surface area contributed by atoms with Crippen molar-refractivity contribution in [2.75, 3.05) is 6.61 Å². The Labute approximate surface area is 228 Å². The van der Waals surface area contributed by atoms with Crippen molar-refractivity contribution in [3.8, 4) is 0 Å². The number of ether oxygens (including phenoxy) is 2. The summed E-state index contributed by atoms with van der Waals surface area (Å²) in [5, 5.41) is 0. The smallest absolute Gasteiger partial charge is 0.352 e. The topological polar surface area (TPSA) is 61.6 Å². The van der Waals surface area contributed by atoms with E-state index in [1.54, 1.807) is 37.3 Å². The Morgan fingerprint density at radius 3 is 1.81 bits per heavy atom. The van der Waals surface area contributed by atoms with Crippen LogP contribution in [0.3, 0.4) is 0 Å². The number of hydrogen-bond acceptors (Lipinski definition) is 5. The Bertz CT molecular complexity index is 842. The molecular formula is C32H53NO4. The molecule has 0 saturated heterocycles. The third kappa shape index (κ3) is 14.7. The third-order valence-corrected chi connectivity index (χ3v) is 3.82. The molecule has 1 aromatic rings. The van der Waals surface area contributed by atoms with Gasteiger partial charge in [-0.2, -0.15) is 0 Å². The van der Waals surface area contributed by atoms with Gasteiger partial charge in [0.1, 0.15) is 11.5 Å². The van der Waals surface area contributed by atoms with Gasteiger partial charge in [-0.3, -0.25) is 0 Å². The number of oxazole rings is 1. The molecule has 5 heteroatoms. The summed E-state index contributed by atoms with van der Waals surface area (Å²) in [6.45, 7) is 34.8. The molecule has 0 aliphatic rings. The molecule has 0 fully saturated rings. The number of carbonyl (C=O) groups is 1. The van der Waals surface area contributed by atoms with Gasteiger partial charge in [-0.25, -0.2) is 9.78 Å². The van der Waals surface area contributed by atoms with Crippen molar-refractivity contribution in [3.63, 3.8) is 0 Å². The van der Waals surface area contributed by atoms with Gasteiger partial charge in [0, 0.05) is 0 Å². The second-order valence-corrected chi connectivity index (χ2v) is 5.70. The van der Waals surface area contributed by atoms with Crippen molar-refractivity contribution >= 4 is 23.7 Å². The van der Waals surface area contributed by atoms with E-state index in [1.165, 1.54) is 6.08 Å². The standard InChI is InChI=1S/C24H29NO4.4C2H6/c1-8-15-17(10-3)22(24(26)27-14-7)28-20(12-5)18(16-9-2)23-25-19(11-4)21(13-6)29-23;4*1-2/h8-13,15-16,22H,4-6,14H2,1-3,7H3;4*1-2H3/b15-8-,16-9-,17-10+,20-18-;;;;. The Morgan fingerprint density at radius 1 is 0.919 bits per heavy atom. The minimum atomic E-state index is -0.961. The monoisotopic (exact) mass is 515 g/mol. The fraction of sp³-hybridized carbons (Fsp3) is 0.438. The summed E-state index contributed by atoms with van der Waals surface area (Å²) < 4.78 is 17.1. The van der Waals surface area contributed by atoms with Crippen LogP contribution < -0.4 is 0 Å². The van der Waals surface area contributed by atoms with Gasteiger partial charge < -0.3 is 13.9 Å². The highest BCUT2D eigenvalue weighted by Gasteiger charge is 2.27. The van der Waals surface area contributed by atoms with E-state index in [-0.39, 0.29) is 6.61 Å². The zero-order valence-electron chi connectivity index (χ0n) is 25.6. The first-order valence-corrected chi connectivity index (χ1v) is 13.4. The Hall–Kier alpha value is -3.34. The van der Waals surface area contributed by atoms with Crippen molar-refractivity contribution < 1.29 is 18.7 Å². The molecule has 1 atom stereocenters. The highest BCUT2D eigenvalue weighted by atomic mass is 16.6. The number of hydrogen-bond donors (Lipinski definition) is 0. The van der Waals surface area contributed by atoms with Gasteiger partial charge in [0.05, 0.1) is 12.2 Å². The predicted octanol–water partition coefficient (Wildman–Crippen LogP) is 10.0. The van der Waals surface area contributed by atoms with Crippen molar-refractivity contribution in [3.05, 3.63) is 84.9 Å². The molecule has 1 unspecified atom stereocenters. The number of rotatable bonds is 11. The number of nitrogens with zero attached hydrogens (tertiary/aromatic N) is 1. The fourth-order valence-corrected chi connectivity index (χ4v) is 2.52. The fourth-order valence-electron chi connectivity index (χ4n) is 2.52. The summed E-state index contributed by atoms with van der Waals surface area (Å²) in [6.07, 6.45) is 12.7. The average Bonchev–Trinajstić information content (AvgIpc) is 3.39. The molecule has 37 heavy (non-hydrogen) atoms. The first kappa shape index (κ1) is 40.8. The molecule has 1 aromatic heterocycles. The Kier molecular flexibility index (Phi) is 31.9. The van der Waals surface area contributed by atoms with Crippen molar-refractivity contribution in [2.45, 2.75) is 89.2 Å². The molecule has 210 valence electrons. The van der Waals surface area contributed by atoms with E-state index >= 15 is 0 Å². The number of esters is 1. The van der Waals surface area contributed by atoms with Crippen molar-refractivity contribution in [2.24, 2.45) is 0 Å². The molecule has 0 aromatic carbocycles. The summed E-state index contributed by atoms with van der Waals surface area (Å²) in [4.78, 5) is 17.0. The number of allylic oxidation sites excluding steroid dienone is 6. The second-order valence-electron chi connectivity index (χ2n) is 5.70. The van der Waals surface area contributed by atoms with E-state index in [0.29, 0.717) is 34.3 Å². The van der Waals surface area contributed by atoms with Gasteiger partial charge in [0.15, 0.2) is 5.76 Å². The largest absolute Gasteiger partial charge is 0.473 e. The molecule has 0 spiro atoms. The molecular weight excluding hydrogens is 462 g/mol. The molecule has 0 N–H and O–H groups in total. The molecule has 1 heterocycles. The summed E-state index contributed by atoms with van der Waals surface area (Å²) in [5.74, 6) is 0.630. The average molecular weight is 516 g/mol. The highest BCUT2D eigenvalue weighted by Crippen LogP contribution is 2.27. The molecule has 0 amide bonds. The quantitative estimate of drug-likeness (QED) is 0.167. The van der Waals surface area contributed by atoms with Gasteiger partial charge in [-0.15, -0.1) is 0 Å². The van der Waals surface area contributed by atoms with Crippen LogP contribution in [0.15, 0.2) is 71.9 Å². The Balaban J connectivity index is -0.000000617. The SMILES string of the molecule is C=C/C(OC(C(=O)OCC)C(/C=C\C)=C/C)=C(\C=C/C)c1nc(C=C)c(C=C)o1.CC.CC.CC.CC. The molecule has 1 rings (SSSR count). The van der Waals surface area contributed by atoms with E-state index in [9.17, 15) is 4.79 Å². The lowest BCUT2D eigenvalue weighted by Gasteiger charge is -2.20. The van der Waals surface area contributed by atoms with E-state index in [2.05, 4.69) is 24.7 Å². The highest BCUT2D eigenvalue weighted by molar-refractivity contribution is 5.80. The van der Waals surface area contributed by atoms with Crippen LogP contribution in [0.2, 0.25) is 0 Å². The zero-order chi connectivity index (χ0) is 29.8. The van der Waals surface area contributed by atoms with Crippen LogP contribution in [-0.4, -0.2) is 23.7 Å². The molecule has 0 saturated carbocycles. The first-order valence-electron chi connectivity index (χ1n) is 13.4. The Morgan fingerprint density at radius 2 is 1.46 bits per heavy atom. The summed E-state index contributed by atoms with van der Waals surface area (Å²) in [7, 11) is 0. The molecule has 0 aliphatic carbocycles. The van der Waals surface area contributed by atoms with E-state index in [0.717, 1.165) is 0 Å². The van der Waals surface area contributed by atoms with Crippen LogP contribution in [-0.2, 0) is 14.3 Å². The van der Waals surface area contributed by atoms with Gasteiger partial charge >= 0.3 is 5.97 Å². The normalized spacial score (nSPS) is 11.5. The lowest BCUT2D eigenvalue weighted by molar-refractivity contribution is -0.151. The van der Waals surface area contributed by atoms with Crippen LogP contribution >= 0.6 is 0 Å². The predicted molar refractivity (Wildman–Crippen MR) is 164 cm³/mol. The van der Waals surface area contributed by atoms with Crippen LogP contribution in [0.1, 0.15) is 100 Å². The second kappa shape index (κ2) is 28.9. The molecule has 0 aliphatic heterocycles. The van der Waals surface area contributed by atoms with E-state index in [4.69, 9.17) is 13.9 Å². The van der Waals surface area contributed by atoms with Crippen LogP contribution in [0.25, 0.3) is 17.7 Å². The maximum absolute atomic E-state index is 12.6. The van der Waals surface area contributed by atoms with Crippen LogP contribution in [0.4, 0.5) is 0 Å². The number of carbonyl (C=O) groups excluding carboxylic acids is 1. The lowest BCUT2D eigenvalue weighted by atomic mass is 10.1. The first-order chi connectivity index (χ1) is 18.0. The molecule has 5 nitrogen and oxygen atoms in total. The van der Waals surface area contributed by atoms with Crippen molar-refractivity contribution in [1.82, 2.24) is 4.98 Å². The minimum absolute atomic E-state index is 0.242. The van der Waals surface area contributed by atoms with Gasteiger partial charge in [0.25, 0.3) is 0 Å². The minimum Gasteiger partial charge on any atom is -0.473 e. The zero-order valence-corrected chi connectivity index (χ0v) is 25.6. The maximum Gasteiger partial charge on any atom is 0.352 e. The van der Waals surface area contributed by atoms with Crippen LogP contribution in [0, 0.1) is 0 Å². The van der Waals surface area contributed by atoms with Gasteiger partial charge in [-0.05, 0) is 51.5 Å². The maximum atomic E-state index is 12.6. The van der Waals surface area contributed by atoms with E-state index in [1.807, 2.05) is 88.3 Å². The van der Waals surface area contributed by atoms with Gasteiger partial charge in [-0.1, -0.05) is 106 Å². The van der Waals surface area contributed by atoms with Crippen molar-refractivity contribution in [1.29, 1.82) is 0 Å². The molecule has 0 radical (unpaired) electrons. The van der Waals surface area contributed by atoms with Crippen LogP contribution in [0.5, 0.6) is 0 Å². The summed E-state index contributed by atoms with van der Waals surface area (Å²) >= 11 is 0. The van der Waals surface area contributed by atoms with E-state index < -0.39 is 12.1 Å².